The Hall–Kier alpha value is -2.41. The highest BCUT2D eigenvalue weighted by Gasteiger charge is 2.48. The fourth-order valence-electron chi connectivity index (χ4n) is 4.62. The van der Waals surface area contributed by atoms with Crippen molar-refractivity contribution < 1.29 is 24.6 Å². The average Bonchev–Trinajstić information content (AvgIpc) is 2.70. The van der Waals surface area contributed by atoms with Gasteiger partial charge in [0.15, 0.2) is 0 Å². The molecule has 3 aliphatic rings. The molecule has 1 aliphatic carbocycles. The van der Waals surface area contributed by atoms with Crippen LogP contribution in [0.3, 0.4) is 0 Å². The van der Waals surface area contributed by atoms with E-state index < -0.39 is 30.1 Å². The Morgan fingerprint density at radius 3 is 2.32 bits per heavy atom. The van der Waals surface area contributed by atoms with Gasteiger partial charge in [-0.15, -0.1) is 0 Å². The fourth-order valence-corrected chi connectivity index (χ4v) is 4.62. The van der Waals surface area contributed by atoms with Crippen molar-refractivity contribution in [3.63, 3.8) is 0 Å². The zero-order chi connectivity index (χ0) is 20.3. The number of nitrogens with zero attached hydrogens (tertiary/aromatic N) is 1. The van der Waals surface area contributed by atoms with Crippen molar-refractivity contribution in [2.24, 2.45) is 5.92 Å². The van der Waals surface area contributed by atoms with E-state index in [1.807, 2.05) is 30.3 Å². The summed E-state index contributed by atoms with van der Waals surface area (Å²) in [6.07, 6.45) is 4.25. The minimum absolute atomic E-state index is 0.00741. The van der Waals surface area contributed by atoms with Gasteiger partial charge >= 0.3 is 11.9 Å². The number of benzene rings is 1. The molecule has 152 valence electrons. The predicted octanol–water partition coefficient (Wildman–Crippen LogP) is 1.90. The largest absolute Gasteiger partial charge is 0.480 e. The Labute approximate surface area is 164 Å². The number of fused-ring (bicyclic) bond motifs is 3. The maximum atomic E-state index is 13.0. The highest BCUT2D eigenvalue weighted by molar-refractivity contribution is 5.88. The van der Waals surface area contributed by atoms with Gasteiger partial charge in [0, 0.05) is 6.04 Å². The smallest absolute Gasteiger partial charge is 0.326 e. The van der Waals surface area contributed by atoms with Crippen LogP contribution in [0.15, 0.2) is 30.3 Å². The summed E-state index contributed by atoms with van der Waals surface area (Å²) >= 11 is 0. The molecule has 3 N–H and O–H groups in total. The van der Waals surface area contributed by atoms with Crippen molar-refractivity contribution in [1.29, 1.82) is 0 Å². The van der Waals surface area contributed by atoms with Gasteiger partial charge in [-0.3, -0.25) is 14.9 Å². The Kier molecular flexibility index (Phi) is 6.34. The molecule has 28 heavy (non-hydrogen) atoms. The monoisotopic (exact) mass is 388 g/mol. The summed E-state index contributed by atoms with van der Waals surface area (Å²) in [5.41, 5.74) is 1.04. The molecular weight excluding hydrogens is 360 g/mol. The second kappa shape index (κ2) is 8.73. The van der Waals surface area contributed by atoms with Crippen molar-refractivity contribution in [2.75, 3.05) is 0 Å². The van der Waals surface area contributed by atoms with Crippen LogP contribution in [0.5, 0.6) is 0 Å². The molecular formula is C21H28N2O5. The van der Waals surface area contributed by atoms with E-state index in [-0.39, 0.29) is 17.9 Å². The van der Waals surface area contributed by atoms with Gasteiger partial charge in [-0.05, 0) is 56.9 Å². The standard InChI is InChI=1S/C21H28N2O5/c1-13(22-17(20(25)26)12-7-14-5-3-2-4-6-14)19(24)23-16-10-8-15(9-11-16)18(23)21(27)28/h2-6,13,15-18,22H,7-12H2,1H3,(H,25,26)(H,27,28)/t13-,15?,16?,17+,18-/m0/s1. The number of rotatable bonds is 8. The Morgan fingerprint density at radius 2 is 1.75 bits per heavy atom. The van der Waals surface area contributed by atoms with Gasteiger partial charge in [-0.2, -0.15) is 0 Å². The number of carbonyl (C=O) groups excluding carboxylic acids is 1. The first kappa shape index (κ1) is 20.3. The number of amides is 1. The molecule has 0 aromatic heterocycles. The van der Waals surface area contributed by atoms with E-state index in [0.717, 1.165) is 31.2 Å². The normalized spacial score (nSPS) is 25.9. The number of piperidine rings is 2. The number of nitrogens with one attached hydrogen (secondary N) is 1. The third-order valence-electron chi connectivity index (χ3n) is 6.07. The van der Waals surface area contributed by atoms with Crippen LogP contribution < -0.4 is 5.32 Å². The summed E-state index contributed by atoms with van der Waals surface area (Å²) in [6.45, 7) is 1.63. The Balaban J connectivity index is 1.65. The Bertz CT molecular complexity index is 715. The van der Waals surface area contributed by atoms with Gasteiger partial charge in [-0.1, -0.05) is 30.3 Å². The maximum absolute atomic E-state index is 13.0. The molecule has 0 unspecified atom stereocenters. The first-order chi connectivity index (χ1) is 13.4. The number of carboxylic acids is 2. The summed E-state index contributed by atoms with van der Waals surface area (Å²) < 4.78 is 0. The molecule has 3 fully saturated rings. The first-order valence-corrected chi connectivity index (χ1v) is 9.96. The molecule has 1 saturated carbocycles. The van der Waals surface area contributed by atoms with Crippen LogP contribution in [0.25, 0.3) is 0 Å². The molecule has 7 heteroatoms. The van der Waals surface area contributed by atoms with Crippen LogP contribution >= 0.6 is 0 Å². The van der Waals surface area contributed by atoms with Crippen LogP contribution in [0, 0.1) is 5.92 Å². The number of aliphatic carboxylic acids is 2. The summed E-state index contributed by atoms with van der Waals surface area (Å²) in [6, 6.07) is 7.12. The lowest BCUT2D eigenvalue weighted by molar-refractivity contribution is -0.164. The van der Waals surface area contributed by atoms with Crippen LogP contribution in [-0.2, 0) is 20.8 Å². The number of hydrogen-bond donors (Lipinski definition) is 3. The van der Waals surface area contributed by atoms with Gasteiger partial charge in [0.25, 0.3) is 0 Å². The predicted molar refractivity (Wildman–Crippen MR) is 103 cm³/mol. The van der Waals surface area contributed by atoms with E-state index in [1.54, 1.807) is 6.92 Å². The van der Waals surface area contributed by atoms with Crippen molar-refractivity contribution in [1.82, 2.24) is 10.2 Å². The SMILES string of the molecule is C[C@H](N[C@H](CCc1ccccc1)C(=O)O)C(=O)N1C2CCC(CC2)[C@H]1C(=O)O. The first-order valence-electron chi connectivity index (χ1n) is 9.96. The van der Waals surface area contributed by atoms with Gasteiger partial charge < -0.3 is 15.1 Å². The minimum Gasteiger partial charge on any atom is -0.480 e. The second-order valence-corrected chi connectivity index (χ2v) is 7.90. The lowest BCUT2D eigenvalue weighted by atomic mass is 9.74. The average molecular weight is 388 g/mol. The van der Waals surface area contributed by atoms with Crippen molar-refractivity contribution in [3.05, 3.63) is 35.9 Å². The third kappa shape index (κ3) is 4.35. The van der Waals surface area contributed by atoms with E-state index in [9.17, 15) is 24.6 Å². The van der Waals surface area contributed by atoms with E-state index in [0.29, 0.717) is 12.8 Å². The zero-order valence-corrected chi connectivity index (χ0v) is 16.1. The summed E-state index contributed by atoms with van der Waals surface area (Å²) in [7, 11) is 0. The molecule has 0 radical (unpaired) electrons. The number of carboxylic acid groups (broad SMARTS) is 2. The topological polar surface area (TPSA) is 107 Å². The molecule has 2 aliphatic heterocycles. The number of aryl methyl sites for hydroxylation is 1. The summed E-state index contributed by atoms with van der Waals surface area (Å²) in [5.74, 6) is -2.29. The molecule has 1 aromatic carbocycles. The quantitative estimate of drug-likeness (QED) is 0.628. The van der Waals surface area contributed by atoms with E-state index in [2.05, 4.69) is 5.32 Å². The third-order valence-corrected chi connectivity index (χ3v) is 6.07. The molecule has 0 spiro atoms. The molecule has 2 bridgehead atoms. The number of carbonyl (C=O) groups is 3. The van der Waals surface area contributed by atoms with Crippen molar-refractivity contribution in [3.8, 4) is 0 Å². The van der Waals surface area contributed by atoms with E-state index >= 15 is 0 Å². The molecule has 2 heterocycles. The summed E-state index contributed by atoms with van der Waals surface area (Å²) in [4.78, 5) is 38.0. The molecule has 1 aromatic rings. The lowest BCUT2D eigenvalue weighted by Crippen LogP contribution is -2.64. The van der Waals surface area contributed by atoms with Crippen LogP contribution in [0.2, 0.25) is 0 Å². The molecule has 1 amide bonds. The van der Waals surface area contributed by atoms with Gasteiger partial charge in [0.1, 0.15) is 12.1 Å². The summed E-state index contributed by atoms with van der Waals surface area (Å²) in [5, 5.41) is 22.1. The highest BCUT2D eigenvalue weighted by Crippen LogP contribution is 2.40. The van der Waals surface area contributed by atoms with Gasteiger partial charge in [0.05, 0.1) is 6.04 Å². The van der Waals surface area contributed by atoms with E-state index in [4.69, 9.17) is 0 Å². The fraction of sp³-hybridized carbons (Fsp3) is 0.571. The second-order valence-electron chi connectivity index (χ2n) is 7.90. The molecule has 7 nitrogen and oxygen atoms in total. The lowest BCUT2D eigenvalue weighted by Gasteiger charge is -2.50. The van der Waals surface area contributed by atoms with Crippen molar-refractivity contribution >= 4 is 17.8 Å². The van der Waals surface area contributed by atoms with Crippen LogP contribution in [-0.4, -0.2) is 57.1 Å². The van der Waals surface area contributed by atoms with Gasteiger partial charge in [-0.25, -0.2) is 4.79 Å². The van der Waals surface area contributed by atoms with Crippen molar-refractivity contribution in [2.45, 2.75) is 69.6 Å². The van der Waals surface area contributed by atoms with Gasteiger partial charge in [0.2, 0.25) is 5.91 Å². The van der Waals surface area contributed by atoms with Crippen LogP contribution in [0.1, 0.15) is 44.6 Å². The molecule has 2 saturated heterocycles. The Morgan fingerprint density at radius 1 is 1.11 bits per heavy atom. The maximum Gasteiger partial charge on any atom is 0.326 e. The molecule has 4 rings (SSSR count). The molecule has 3 atom stereocenters. The van der Waals surface area contributed by atoms with E-state index in [1.165, 1.54) is 4.90 Å². The zero-order valence-electron chi connectivity index (χ0n) is 16.1. The minimum atomic E-state index is -1.01. The van der Waals surface area contributed by atoms with Crippen LogP contribution in [0.4, 0.5) is 0 Å². The highest BCUT2D eigenvalue weighted by atomic mass is 16.4. The number of hydrogen-bond acceptors (Lipinski definition) is 4.